The van der Waals surface area contributed by atoms with E-state index in [1.165, 1.54) is 36.4 Å². The first-order valence-electron chi connectivity index (χ1n) is 12.5. The van der Waals surface area contributed by atoms with E-state index in [2.05, 4.69) is 16.0 Å². The molecule has 9 heteroatoms. The fourth-order valence-electron chi connectivity index (χ4n) is 4.16. The lowest BCUT2D eigenvalue weighted by atomic mass is 9.97. The first kappa shape index (κ1) is 27.3. The van der Waals surface area contributed by atoms with Crippen LogP contribution in [0.25, 0.3) is 0 Å². The Morgan fingerprint density at radius 1 is 0.974 bits per heavy atom. The Labute approximate surface area is 225 Å². The molecular weight excluding hydrogens is 501 g/mol. The maximum Gasteiger partial charge on any atom is 0.330 e. The van der Waals surface area contributed by atoms with Crippen LogP contribution < -0.4 is 16.0 Å². The molecule has 1 fully saturated rings. The van der Waals surface area contributed by atoms with Gasteiger partial charge in [-0.1, -0.05) is 48.5 Å². The molecule has 8 nitrogen and oxygen atoms in total. The average Bonchev–Trinajstić information content (AvgIpc) is 3.35. The van der Waals surface area contributed by atoms with Crippen LogP contribution in [0.4, 0.5) is 10.1 Å². The third kappa shape index (κ3) is 8.10. The number of amides is 3. The summed E-state index contributed by atoms with van der Waals surface area (Å²) in [5.41, 5.74) is 1.59. The molecule has 1 aliphatic heterocycles. The van der Waals surface area contributed by atoms with Gasteiger partial charge in [-0.05, 0) is 54.8 Å². The van der Waals surface area contributed by atoms with Gasteiger partial charge in [0.25, 0.3) is 11.8 Å². The molecule has 2 atom stereocenters. The van der Waals surface area contributed by atoms with Crippen molar-refractivity contribution in [3.05, 3.63) is 114 Å². The average molecular weight is 530 g/mol. The van der Waals surface area contributed by atoms with Crippen LogP contribution in [0.2, 0.25) is 0 Å². The number of nitrogens with one attached hydrogen (secondary N) is 3. The number of ether oxygens (including phenoxy) is 1. The van der Waals surface area contributed by atoms with Crippen molar-refractivity contribution < 1.29 is 28.3 Å². The molecule has 0 spiro atoms. The molecule has 1 unspecified atom stereocenters. The van der Waals surface area contributed by atoms with Gasteiger partial charge in [-0.25, -0.2) is 9.18 Å². The summed E-state index contributed by atoms with van der Waals surface area (Å²) in [7, 11) is 0. The van der Waals surface area contributed by atoms with Crippen molar-refractivity contribution in [3.63, 3.8) is 0 Å². The number of benzene rings is 3. The van der Waals surface area contributed by atoms with Gasteiger partial charge in [-0.2, -0.15) is 0 Å². The summed E-state index contributed by atoms with van der Waals surface area (Å²) in [5.74, 6) is -2.49. The van der Waals surface area contributed by atoms with Crippen molar-refractivity contribution in [3.8, 4) is 0 Å². The fourth-order valence-corrected chi connectivity index (χ4v) is 4.16. The lowest BCUT2D eigenvalue weighted by molar-refractivity contribution is -0.139. The molecule has 0 aliphatic carbocycles. The smallest absolute Gasteiger partial charge is 0.330 e. The highest BCUT2D eigenvalue weighted by Gasteiger charge is 2.27. The third-order valence-electron chi connectivity index (χ3n) is 6.18. The van der Waals surface area contributed by atoms with Gasteiger partial charge in [-0.3, -0.25) is 14.4 Å². The van der Waals surface area contributed by atoms with Crippen LogP contribution in [0.1, 0.15) is 39.1 Å². The molecule has 0 bridgehead atoms. The summed E-state index contributed by atoms with van der Waals surface area (Å²) in [4.78, 5) is 50.0. The van der Waals surface area contributed by atoms with E-state index in [0.717, 1.165) is 11.6 Å². The predicted molar refractivity (Wildman–Crippen MR) is 143 cm³/mol. The largest absolute Gasteiger partial charge is 0.458 e. The van der Waals surface area contributed by atoms with Gasteiger partial charge in [0.15, 0.2) is 0 Å². The predicted octanol–water partition coefficient (Wildman–Crippen LogP) is 4.00. The molecule has 4 rings (SSSR count). The molecule has 1 saturated heterocycles. The van der Waals surface area contributed by atoms with Crippen LogP contribution in [0.5, 0.6) is 0 Å². The van der Waals surface area contributed by atoms with Crippen molar-refractivity contribution in [2.45, 2.75) is 25.5 Å². The van der Waals surface area contributed by atoms with Gasteiger partial charge in [0.2, 0.25) is 5.91 Å². The van der Waals surface area contributed by atoms with Crippen LogP contribution in [0.15, 0.2) is 91.0 Å². The van der Waals surface area contributed by atoms with Crippen molar-refractivity contribution >= 4 is 29.4 Å². The lowest BCUT2D eigenvalue weighted by Crippen LogP contribution is -2.36. The summed E-state index contributed by atoms with van der Waals surface area (Å²) in [6.45, 7) is 0.667. The first-order valence-corrected chi connectivity index (χ1v) is 12.5. The minimum atomic E-state index is -0.624. The normalized spacial score (nSPS) is 15.4. The number of halogens is 1. The van der Waals surface area contributed by atoms with E-state index < -0.39 is 29.6 Å². The van der Waals surface area contributed by atoms with Gasteiger partial charge in [0, 0.05) is 41.4 Å². The van der Waals surface area contributed by atoms with Gasteiger partial charge in [0.05, 0.1) is 0 Å². The Bertz CT molecular complexity index is 1380. The topological polar surface area (TPSA) is 114 Å². The molecule has 39 heavy (non-hydrogen) atoms. The molecule has 3 aromatic carbocycles. The summed E-state index contributed by atoms with van der Waals surface area (Å²) in [5, 5.41) is 8.28. The zero-order valence-electron chi connectivity index (χ0n) is 21.1. The van der Waals surface area contributed by atoms with E-state index in [-0.39, 0.29) is 29.6 Å². The molecule has 200 valence electrons. The van der Waals surface area contributed by atoms with E-state index in [0.29, 0.717) is 25.1 Å². The second-order valence-electron chi connectivity index (χ2n) is 9.09. The highest BCUT2D eigenvalue weighted by atomic mass is 19.1. The van der Waals surface area contributed by atoms with Gasteiger partial charge >= 0.3 is 5.97 Å². The van der Waals surface area contributed by atoms with Gasteiger partial charge in [0.1, 0.15) is 12.4 Å². The summed E-state index contributed by atoms with van der Waals surface area (Å²) < 4.78 is 18.7. The van der Waals surface area contributed by atoms with E-state index in [1.807, 2.05) is 30.3 Å². The quantitative estimate of drug-likeness (QED) is 0.271. The van der Waals surface area contributed by atoms with E-state index in [9.17, 15) is 23.6 Å². The molecule has 0 aromatic heterocycles. The van der Waals surface area contributed by atoms with Gasteiger partial charge in [-0.15, -0.1) is 0 Å². The maximum atomic E-state index is 13.5. The van der Waals surface area contributed by atoms with Crippen molar-refractivity contribution in [2.75, 3.05) is 11.9 Å². The summed E-state index contributed by atoms with van der Waals surface area (Å²) in [6, 6.07) is 20.2. The number of anilines is 1. The van der Waals surface area contributed by atoms with Crippen LogP contribution in [-0.4, -0.2) is 36.3 Å². The minimum Gasteiger partial charge on any atom is -0.458 e. The Kier molecular flexibility index (Phi) is 9.18. The number of hydrogen-bond acceptors (Lipinski definition) is 5. The molecule has 3 aromatic rings. The third-order valence-corrected chi connectivity index (χ3v) is 6.18. The Morgan fingerprint density at radius 2 is 1.72 bits per heavy atom. The number of rotatable bonds is 10. The monoisotopic (exact) mass is 529 g/mol. The molecule has 3 N–H and O–H groups in total. The van der Waals surface area contributed by atoms with Crippen molar-refractivity contribution in [2.24, 2.45) is 5.92 Å². The molecule has 0 saturated carbocycles. The Balaban J connectivity index is 1.41. The van der Waals surface area contributed by atoms with Gasteiger partial charge < -0.3 is 20.7 Å². The zero-order valence-corrected chi connectivity index (χ0v) is 21.1. The highest BCUT2D eigenvalue weighted by molar-refractivity contribution is 6.05. The minimum absolute atomic E-state index is 0.101. The van der Waals surface area contributed by atoms with Crippen LogP contribution in [-0.2, 0) is 20.9 Å². The highest BCUT2D eigenvalue weighted by Crippen LogP contribution is 2.18. The second kappa shape index (κ2) is 13.1. The standard InChI is InChI=1S/C30H28FN3O5/c31-24-10-4-8-21(16-24)29(37)33-25-11-5-9-22(17-25)30(38)34-26(18-23-14-15-32-28(23)36)12-13-27(35)39-19-20-6-2-1-3-7-20/h1-13,16-17,23,26H,14-15,18-19H2,(H,32,36)(H,33,37)(H,34,38)/b13-12+/t23?,26-/m1/s1. The van der Waals surface area contributed by atoms with Crippen molar-refractivity contribution in [1.29, 1.82) is 0 Å². The van der Waals surface area contributed by atoms with E-state index in [1.54, 1.807) is 18.2 Å². The number of hydrogen-bond donors (Lipinski definition) is 3. The summed E-state index contributed by atoms with van der Waals surface area (Å²) >= 11 is 0. The number of esters is 1. The van der Waals surface area contributed by atoms with Crippen LogP contribution in [0.3, 0.4) is 0 Å². The SMILES string of the molecule is O=C(/C=C/[C@H](CC1CCNC1=O)NC(=O)c1cccc(NC(=O)c2cccc(F)c2)c1)OCc1ccccc1. The number of carbonyl (C=O) groups is 4. The zero-order chi connectivity index (χ0) is 27.6. The van der Waals surface area contributed by atoms with E-state index in [4.69, 9.17) is 4.74 Å². The Hall–Kier alpha value is -4.79. The molecule has 1 aliphatic rings. The first-order chi connectivity index (χ1) is 18.9. The maximum absolute atomic E-state index is 13.5. The van der Waals surface area contributed by atoms with E-state index >= 15 is 0 Å². The Morgan fingerprint density at radius 3 is 2.44 bits per heavy atom. The lowest BCUT2D eigenvalue weighted by Gasteiger charge is -2.18. The molecular formula is C30H28FN3O5. The molecule has 1 heterocycles. The molecule has 3 amide bonds. The van der Waals surface area contributed by atoms with Crippen LogP contribution >= 0.6 is 0 Å². The fraction of sp³-hybridized carbons (Fsp3) is 0.200. The van der Waals surface area contributed by atoms with Crippen LogP contribution in [0, 0.1) is 11.7 Å². The second-order valence-corrected chi connectivity index (χ2v) is 9.09. The molecule has 0 radical (unpaired) electrons. The summed E-state index contributed by atoms with van der Waals surface area (Å²) in [6.07, 6.45) is 3.69. The van der Waals surface area contributed by atoms with Crippen molar-refractivity contribution in [1.82, 2.24) is 10.6 Å². The number of carbonyl (C=O) groups excluding carboxylic acids is 4.